The number of fused-ring (bicyclic) bond motifs is 1. The number of para-hydroxylation sites is 1. The summed E-state index contributed by atoms with van der Waals surface area (Å²) in [4.78, 5) is 3.29. The topological polar surface area (TPSA) is 82.4 Å². The lowest BCUT2D eigenvalue weighted by molar-refractivity contribution is -0.431. The Morgan fingerprint density at radius 1 is 1.30 bits per heavy atom. The summed E-state index contributed by atoms with van der Waals surface area (Å²) in [5.74, 6) is 1.63. The molecule has 2 aromatic heterocycles. The fourth-order valence-corrected chi connectivity index (χ4v) is 3.25. The Hall–Kier alpha value is -1.50. The molecule has 0 aliphatic heterocycles. The zero-order valence-corrected chi connectivity index (χ0v) is 14.7. The number of aromatic nitrogens is 3. The molecule has 0 aliphatic carbocycles. The van der Waals surface area contributed by atoms with Gasteiger partial charge in [-0.2, -0.15) is 0 Å². The maximum Gasteiger partial charge on any atom is 0.276 e. The number of unbranched alkanes of at least 4 members (excludes halogenated alkanes) is 1. The van der Waals surface area contributed by atoms with Crippen LogP contribution in [0, 0.1) is 0 Å². The number of hydrogen-bond acceptors (Lipinski definition) is 4. The van der Waals surface area contributed by atoms with Crippen LogP contribution in [0.5, 0.6) is 0 Å². The molecular formula is C16H21ClN4OS. The van der Waals surface area contributed by atoms with Gasteiger partial charge >= 0.3 is 0 Å². The van der Waals surface area contributed by atoms with Gasteiger partial charge in [0, 0.05) is 29.3 Å². The van der Waals surface area contributed by atoms with Crippen LogP contribution in [0.4, 0.5) is 0 Å². The highest BCUT2D eigenvalue weighted by atomic mass is 35.5. The second-order valence-electron chi connectivity index (χ2n) is 5.37. The van der Waals surface area contributed by atoms with Gasteiger partial charge in [-0.25, -0.2) is 0 Å². The van der Waals surface area contributed by atoms with Gasteiger partial charge in [0.2, 0.25) is 0 Å². The van der Waals surface area contributed by atoms with Crippen LogP contribution in [0.3, 0.4) is 0 Å². The quantitative estimate of drug-likeness (QED) is 0.462. The van der Waals surface area contributed by atoms with E-state index in [0.29, 0.717) is 11.1 Å². The Kier molecular flexibility index (Phi) is 6.50. The highest BCUT2D eigenvalue weighted by Crippen LogP contribution is 2.24. The van der Waals surface area contributed by atoms with E-state index in [1.807, 2.05) is 18.3 Å². The second kappa shape index (κ2) is 8.38. The molecule has 5 nitrogen and oxygen atoms in total. The van der Waals surface area contributed by atoms with Crippen molar-refractivity contribution in [3.8, 4) is 0 Å². The van der Waals surface area contributed by atoms with Crippen LogP contribution in [-0.4, -0.2) is 20.9 Å². The van der Waals surface area contributed by atoms with Gasteiger partial charge in [0.25, 0.3) is 11.1 Å². The van der Waals surface area contributed by atoms with Gasteiger partial charge in [-0.3, -0.25) is 0 Å². The number of quaternary nitrogens is 1. The van der Waals surface area contributed by atoms with Crippen LogP contribution >= 0.6 is 11.8 Å². The predicted octanol–water partition coefficient (Wildman–Crippen LogP) is -0.0272. The van der Waals surface area contributed by atoms with E-state index in [1.54, 1.807) is 11.8 Å². The molecule has 0 fully saturated rings. The van der Waals surface area contributed by atoms with Crippen molar-refractivity contribution >= 4 is 22.7 Å². The Bertz CT molecular complexity index is 742. The van der Waals surface area contributed by atoms with E-state index in [1.165, 1.54) is 17.4 Å². The van der Waals surface area contributed by atoms with Crippen molar-refractivity contribution in [2.75, 3.05) is 5.75 Å². The molecule has 0 aliphatic rings. The van der Waals surface area contributed by atoms with Crippen molar-refractivity contribution < 1.29 is 22.6 Å². The maximum atomic E-state index is 5.72. The lowest BCUT2D eigenvalue weighted by Crippen LogP contribution is -3.00. The molecule has 0 saturated heterocycles. The van der Waals surface area contributed by atoms with Crippen molar-refractivity contribution in [3.05, 3.63) is 41.9 Å². The molecule has 0 amide bonds. The highest BCUT2D eigenvalue weighted by Gasteiger charge is 2.20. The number of nitrogens with one attached hydrogen (secondary N) is 1. The molecule has 0 unspecified atom stereocenters. The summed E-state index contributed by atoms with van der Waals surface area (Å²) in [5.41, 5.74) is 6.56. The van der Waals surface area contributed by atoms with Gasteiger partial charge in [0.1, 0.15) is 0 Å². The number of halogens is 1. The van der Waals surface area contributed by atoms with Gasteiger partial charge in [-0.1, -0.05) is 43.3 Å². The SMILES string of the molecule is CCCCSc1nnc([C@@H]([NH3+])Cc2c[nH]c3ccccc23)o1.[Cl-]. The lowest BCUT2D eigenvalue weighted by atomic mass is 10.1. The van der Waals surface area contributed by atoms with Gasteiger partial charge in [-0.15, -0.1) is 10.2 Å². The van der Waals surface area contributed by atoms with E-state index in [2.05, 4.69) is 40.0 Å². The summed E-state index contributed by atoms with van der Waals surface area (Å²) < 4.78 is 5.72. The highest BCUT2D eigenvalue weighted by molar-refractivity contribution is 7.99. The molecule has 124 valence electrons. The van der Waals surface area contributed by atoms with Crippen LogP contribution in [0.15, 0.2) is 40.1 Å². The molecule has 0 bridgehead atoms. The van der Waals surface area contributed by atoms with E-state index >= 15 is 0 Å². The van der Waals surface area contributed by atoms with Gasteiger partial charge in [-0.05, 0) is 18.1 Å². The molecule has 0 spiro atoms. The lowest BCUT2D eigenvalue weighted by Gasteiger charge is -2.02. The third-order valence-corrected chi connectivity index (χ3v) is 4.54. The molecule has 1 aromatic carbocycles. The molecule has 0 saturated carbocycles. The first-order valence-corrected chi connectivity index (χ1v) is 8.60. The van der Waals surface area contributed by atoms with E-state index in [4.69, 9.17) is 4.42 Å². The zero-order valence-electron chi connectivity index (χ0n) is 13.1. The standard InChI is InChI=1S/C16H20N4OS.ClH/c1-2-3-8-22-16-20-19-15(21-16)13(17)9-11-10-18-14-7-5-4-6-12(11)14;/h4-7,10,13,18H,2-3,8-9,17H2,1H3;1H/t13-;/m0./s1. The molecule has 1 atom stereocenters. The first-order chi connectivity index (χ1) is 10.8. The summed E-state index contributed by atoms with van der Waals surface area (Å²) in [6.45, 7) is 2.17. The normalized spacial score (nSPS) is 12.3. The summed E-state index contributed by atoms with van der Waals surface area (Å²) in [5, 5.41) is 10.1. The first-order valence-electron chi connectivity index (χ1n) is 7.62. The van der Waals surface area contributed by atoms with E-state index in [9.17, 15) is 0 Å². The van der Waals surface area contributed by atoms with Crippen molar-refractivity contribution in [1.82, 2.24) is 15.2 Å². The number of hydrogen-bond donors (Lipinski definition) is 2. The van der Waals surface area contributed by atoms with Crippen LogP contribution < -0.4 is 18.1 Å². The van der Waals surface area contributed by atoms with Gasteiger partial charge < -0.3 is 27.5 Å². The third kappa shape index (κ3) is 4.28. The molecule has 3 aromatic rings. The Labute approximate surface area is 145 Å². The fourth-order valence-electron chi connectivity index (χ4n) is 2.40. The van der Waals surface area contributed by atoms with Crippen LogP contribution in [-0.2, 0) is 6.42 Å². The number of H-pyrrole nitrogens is 1. The summed E-state index contributed by atoms with van der Waals surface area (Å²) in [6, 6.07) is 8.24. The molecule has 7 heteroatoms. The molecule has 23 heavy (non-hydrogen) atoms. The monoisotopic (exact) mass is 352 g/mol. The van der Waals surface area contributed by atoms with E-state index in [-0.39, 0.29) is 18.4 Å². The minimum atomic E-state index is -0.0350. The smallest absolute Gasteiger partial charge is 0.276 e. The Morgan fingerprint density at radius 3 is 2.96 bits per heavy atom. The average molecular weight is 353 g/mol. The third-order valence-electron chi connectivity index (χ3n) is 3.64. The van der Waals surface area contributed by atoms with Crippen molar-refractivity contribution in [2.24, 2.45) is 0 Å². The summed E-state index contributed by atoms with van der Waals surface area (Å²) in [7, 11) is 0. The number of nitrogens with zero attached hydrogens (tertiary/aromatic N) is 2. The first kappa shape index (κ1) is 17.8. The van der Waals surface area contributed by atoms with Crippen molar-refractivity contribution in [3.63, 3.8) is 0 Å². The molecule has 0 radical (unpaired) electrons. The largest absolute Gasteiger partial charge is 1.00 e. The molecule has 3 rings (SSSR count). The van der Waals surface area contributed by atoms with Crippen molar-refractivity contribution in [2.45, 2.75) is 37.5 Å². The second-order valence-corrected chi connectivity index (χ2v) is 6.41. The molecule has 4 N–H and O–H groups in total. The van der Waals surface area contributed by atoms with Gasteiger partial charge in [0.15, 0.2) is 6.04 Å². The number of aromatic amines is 1. The van der Waals surface area contributed by atoms with Crippen LogP contribution in [0.2, 0.25) is 0 Å². The molecule has 2 heterocycles. The predicted molar refractivity (Wildman–Crippen MR) is 87.6 cm³/mol. The molecular weight excluding hydrogens is 332 g/mol. The van der Waals surface area contributed by atoms with E-state index in [0.717, 1.165) is 24.1 Å². The van der Waals surface area contributed by atoms with Gasteiger partial charge in [0.05, 0.1) is 0 Å². The summed E-state index contributed by atoms with van der Waals surface area (Å²) in [6.07, 6.45) is 5.15. The van der Waals surface area contributed by atoms with Crippen LogP contribution in [0.1, 0.15) is 37.3 Å². The zero-order chi connectivity index (χ0) is 15.4. The Morgan fingerprint density at radius 2 is 2.13 bits per heavy atom. The Balaban J connectivity index is 0.00000192. The maximum absolute atomic E-state index is 5.72. The summed E-state index contributed by atoms with van der Waals surface area (Å²) >= 11 is 1.62. The number of benzene rings is 1. The van der Waals surface area contributed by atoms with E-state index < -0.39 is 0 Å². The minimum Gasteiger partial charge on any atom is -1.00 e. The number of rotatable bonds is 7. The average Bonchev–Trinajstić information content (AvgIpc) is 3.15. The van der Waals surface area contributed by atoms with Crippen LogP contribution in [0.25, 0.3) is 10.9 Å². The number of thioether (sulfide) groups is 1. The minimum absolute atomic E-state index is 0. The fraction of sp³-hybridized carbons (Fsp3) is 0.375. The van der Waals surface area contributed by atoms with Crippen molar-refractivity contribution in [1.29, 1.82) is 0 Å².